The first-order chi connectivity index (χ1) is 8.42. The minimum Gasteiger partial charge on any atom is -0.378 e. The molecule has 2 aromatic heterocycles. The van der Waals surface area contributed by atoms with Crippen LogP contribution in [0.2, 0.25) is 0 Å². The summed E-state index contributed by atoms with van der Waals surface area (Å²) in [5, 5.41) is 9.98. The van der Waals surface area contributed by atoms with Crippen LogP contribution in [-0.4, -0.2) is 9.78 Å². The summed E-state index contributed by atoms with van der Waals surface area (Å²) in [7, 11) is 0. The molecule has 1 aliphatic carbocycles. The van der Waals surface area contributed by atoms with Crippen molar-refractivity contribution in [1.29, 1.82) is 0 Å². The summed E-state index contributed by atoms with van der Waals surface area (Å²) in [4.78, 5) is 1.36. The van der Waals surface area contributed by atoms with Gasteiger partial charge >= 0.3 is 0 Å². The van der Waals surface area contributed by atoms with Crippen LogP contribution in [0.15, 0.2) is 29.9 Å². The SMILES string of the molecule is Cl.c1csc(CNc2cnn(C3CCCC3)c2)c1. The van der Waals surface area contributed by atoms with E-state index in [0.717, 1.165) is 12.2 Å². The number of anilines is 1. The Kier molecular flexibility index (Phi) is 4.66. The third-order valence-electron chi connectivity index (χ3n) is 3.35. The number of thiophene rings is 1. The monoisotopic (exact) mass is 283 g/mol. The zero-order valence-electron chi connectivity index (χ0n) is 10.2. The highest BCUT2D eigenvalue weighted by molar-refractivity contribution is 7.09. The molecule has 0 aliphatic heterocycles. The first-order valence-electron chi connectivity index (χ1n) is 6.22. The fourth-order valence-electron chi connectivity index (χ4n) is 2.40. The molecule has 2 aromatic rings. The maximum absolute atomic E-state index is 4.46. The summed E-state index contributed by atoms with van der Waals surface area (Å²) in [6.07, 6.45) is 9.35. The Morgan fingerprint density at radius 3 is 2.94 bits per heavy atom. The Labute approximate surface area is 118 Å². The molecule has 1 N–H and O–H groups in total. The number of rotatable bonds is 4. The molecule has 3 rings (SSSR count). The van der Waals surface area contributed by atoms with Gasteiger partial charge in [-0.2, -0.15) is 5.10 Å². The van der Waals surface area contributed by atoms with Crippen LogP contribution in [-0.2, 0) is 6.54 Å². The Balaban J connectivity index is 0.00000120. The predicted molar refractivity (Wildman–Crippen MR) is 78.6 cm³/mol. The summed E-state index contributed by atoms with van der Waals surface area (Å²) in [6.45, 7) is 0.897. The molecular formula is C13H18ClN3S. The summed E-state index contributed by atoms with van der Waals surface area (Å²) < 4.78 is 2.13. The van der Waals surface area contributed by atoms with E-state index in [2.05, 4.69) is 38.8 Å². The maximum Gasteiger partial charge on any atom is 0.0729 e. The van der Waals surface area contributed by atoms with E-state index in [1.807, 2.05) is 6.20 Å². The van der Waals surface area contributed by atoms with Crippen molar-refractivity contribution in [1.82, 2.24) is 9.78 Å². The van der Waals surface area contributed by atoms with E-state index in [9.17, 15) is 0 Å². The van der Waals surface area contributed by atoms with Crippen LogP contribution in [0.5, 0.6) is 0 Å². The molecule has 0 atom stereocenters. The van der Waals surface area contributed by atoms with Gasteiger partial charge in [0.05, 0.1) is 17.9 Å². The minimum absolute atomic E-state index is 0. The highest BCUT2D eigenvalue weighted by Crippen LogP contribution is 2.29. The summed E-state index contributed by atoms with van der Waals surface area (Å²) >= 11 is 1.78. The van der Waals surface area contributed by atoms with Gasteiger partial charge in [-0.1, -0.05) is 18.9 Å². The lowest BCUT2D eigenvalue weighted by Crippen LogP contribution is -2.04. The van der Waals surface area contributed by atoms with Crippen LogP contribution in [0.1, 0.15) is 36.6 Å². The average molecular weight is 284 g/mol. The van der Waals surface area contributed by atoms with Gasteiger partial charge in [-0.15, -0.1) is 23.7 Å². The van der Waals surface area contributed by atoms with Crippen LogP contribution < -0.4 is 5.32 Å². The maximum atomic E-state index is 4.46. The van der Waals surface area contributed by atoms with E-state index in [4.69, 9.17) is 0 Å². The summed E-state index contributed by atoms with van der Waals surface area (Å²) in [5.41, 5.74) is 1.13. The van der Waals surface area contributed by atoms with Crippen molar-refractivity contribution in [3.05, 3.63) is 34.8 Å². The van der Waals surface area contributed by atoms with Crippen molar-refractivity contribution >= 4 is 29.4 Å². The van der Waals surface area contributed by atoms with Crippen molar-refractivity contribution in [2.24, 2.45) is 0 Å². The molecule has 1 aliphatic rings. The number of hydrogen-bond acceptors (Lipinski definition) is 3. The molecule has 0 amide bonds. The smallest absolute Gasteiger partial charge is 0.0729 e. The fraction of sp³-hybridized carbons (Fsp3) is 0.462. The van der Waals surface area contributed by atoms with E-state index in [0.29, 0.717) is 6.04 Å². The average Bonchev–Trinajstić information content (AvgIpc) is 3.09. The lowest BCUT2D eigenvalue weighted by molar-refractivity contribution is 0.467. The molecule has 2 heterocycles. The lowest BCUT2D eigenvalue weighted by atomic mass is 10.3. The van der Waals surface area contributed by atoms with Crippen molar-refractivity contribution in [3.8, 4) is 0 Å². The number of nitrogens with zero attached hydrogens (tertiary/aromatic N) is 2. The molecule has 0 saturated heterocycles. The van der Waals surface area contributed by atoms with Crippen molar-refractivity contribution in [2.45, 2.75) is 38.3 Å². The Bertz CT molecular complexity index is 460. The van der Waals surface area contributed by atoms with E-state index in [1.54, 1.807) is 11.3 Å². The van der Waals surface area contributed by atoms with Crippen molar-refractivity contribution < 1.29 is 0 Å². The van der Waals surface area contributed by atoms with E-state index >= 15 is 0 Å². The molecule has 0 aromatic carbocycles. The van der Waals surface area contributed by atoms with Gasteiger partial charge in [-0.25, -0.2) is 0 Å². The Morgan fingerprint density at radius 1 is 1.39 bits per heavy atom. The highest BCUT2D eigenvalue weighted by atomic mass is 35.5. The van der Waals surface area contributed by atoms with Gasteiger partial charge in [0.15, 0.2) is 0 Å². The number of nitrogens with one attached hydrogen (secondary N) is 1. The van der Waals surface area contributed by atoms with Crippen LogP contribution in [0.4, 0.5) is 5.69 Å². The molecule has 5 heteroatoms. The fourth-order valence-corrected chi connectivity index (χ4v) is 3.04. The second-order valence-corrected chi connectivity index (χ2v) is 5.61. The molecule has 1 fully saturated rings. The van der Waals surface area contributed by atoms with Gasteiger partial charge in [0.1, 0.15) is 0 Å². The zero-order chi connectivity index (χ0) is 11.5. The van der Waals surface area contributed by atoms with Gasteiger partial charge < -0.3 is 5.32 Å². The first kappa shape index (κ1) is 13.4. The number of halogens is 1. The van der Waals surface area contributed by atoms with Gasteiger partial charge in [-0.3, -0.25) is 4.68 Å². The first-order valence-corrected chi connectivity index (χ1v) is 7.10. The summed E-state index contributed by atoms with van der Waals surface area (Å²) in [5.74, 6) is 0. The third kappa shape index (κ3) is 3.06. The zero-order valence-corrected chi connectivity index (χ0v) is 11.8. The molecule has 0 spiro atoms. The highest BCUT2D eigenvalue weighted by Gasteiger charge is 2.17. The minimum atomic E-state index is 0. The van der Waals surface area contributed by atoms with E-state index < -0.39 is 0 Å². The van der Waals surface area contributed by atoms with Crippen LogP contribution >= 0.6 is 23.7 Å². The Hall–Kier alpha value is -1.00. The molecule has 98 valence electrons. The second-order valence-electron chi connectivity index (χ2n) is 4.58. The number of hydrogen-bond donors (Lipinski definition) is 1. The van der Waals surface area contributed by atoms with Crippen molar-refractivity contribution in [3.63, 3.8) is 0 Å². The van der Waals surface area contributed by atoms with Gasteiger partial charge in [-0.05, 0) is 24.3 Å². The quantitative estimate of drug-likeness (QED) is 0.916. The summed E-state index contributed by atoms with van der Waals surface area (Å²) in [6, 6.07) is 4.87. The molecule has 0 unspecified atom stereocenters. The van der Waals surface area contributed by atoms with E-state index in [-0.39, 0.29) is 12.4 Å². The molecular weight excluding hydrogens is 266 g/mol. The van der Waals surface area contributed by atoms with Crippen LogP contribution in [0, 0.1) is 0 Å². The second kappa shape index (κ2) is 6.25. The molecule has 0 bridgehead atoms. The largest absolute Gasteiger partial charge is 0.378 e. The predicted octanol–water partition coefficient (Wildman–Crippen LogP) is 4.09. The number of aromatic nitrogens is 2. The normalized spacial score (nSPS) is 15.6. The van der Waals surface area contributed by atoms with Crippen LogP contribution in [0.25, 0.3) is 0 Å². The Morgan fingerprint density at radius 2 is 2.22 bits per heavy atom. The van der Waals surface area contributed by atoms with Gasteiger partial charge in [0, 0.05) is 17.6 Å². The molecule has 3 nitrogen and oxygen atoms in total. The van der Waals surface area contributed by atoms with E-state index in [1.165, 1.54) is 30.6 Å². The van der Waals surface area contributed by atoms with Gasteiger partial charge in [0.2, 0.25) is 0 Å². The topological polar surface area (TPSA) is 29.9 Å². The molecule has 0 radical (unpaired) electrons. The standard InChI is InChI=1S/C13H17N3S.ClH/c1-2-5-12(4-1)16-10-11(8-15-16)14-9-13-6-3-7-17-13;/h3,6-8,10,12,14H,1-2,4-5,9H2;1H. The van der Waals surface area contributed by atoms with Crippen LogP contribution in [0.3, 0.4) is 0 Å². The van der Waals surface area contributed by atoms with Gasteiger partial charge in [0.25, 0.3) is 0 Å². The third-order valence-corrected chi connectivity index (χ3v) is 4.22. The lowest BCUT2D eigenvalue weighted by Gasteiger charge is -2.08. The van der Waals surface area contributed by atoms with Crippen molar-refractivity contribution in [2.75, 3.05) is 5.32 Å². The molecule has 1 saturated carbocycles. The molecule has 18 heavy (non-hydrogen) atoms.